The summed E-state index contributed by atoms with van der Waals surface area (Å²) in [6.07, 6.45) is 3.68. The second-order valence-electron chi connectivity index (χ2n) is 5.23. The number of hydrogen-bond acceptors (Lipinski definition) is 6. The third kappa shape index (κ3) is 5.73. The highest BCUT2D eigenvalue weighted by atomic mass is 32.2. The number of hydrogen-bond donors (Lipinski definition) is 3. The number of aromatic nitrogens is 1. The molecule has 134 valence electrons. The van der Waals surface area contributed by atoms with E-state index in [0.717, 1.165) is 0 Å². The number of sulfonamides is 1. The smallest absolute Gasteiger partial charge is 0.242 e. The van der Waals surface area contributed by atoms with Crippen LogP contribution in [0.4, 0.5) is 11.5 Å². The van der Waals surface area contributed by atoms with Crippen molar-refractivity contribution in [1.29, 1.82) is 0 Å². The number of benzene rings is 1. The largest absolute Gasteiger partial charge is 0.384 e. The lowest BCUT2D eigenvalue weighted by atomic mass is 10.2. The molecule has 9 heteroatoms. The van der Waals surface area contributed by atoms with Crippen LogP contribution in [0.15, 0.2) is 53.6 Å². The number of nitrogens with one attached hydrogen (secondary N) is 2. The van der Waals surface area contributed by atoms with Crippen LogP contribution in [-0.4, -0.2) is 37.4 Å². The molecule has 25 heavy (non-hydrogen) atoms. The molecule has 0 bridgehead atoms. The molecule has 0 aliphatic rings. The molecule has 1 heterocycles. The van der Waals surface area contributed by atoms with Crippen molar-refractivity contribution < 1.29 is 13.2 Å². The molecule has 1 aromatic heterocycles. The van der Waals surface area contributed by atoms with Gasteiger partial charge >= 0.3 is 0 Å². The van der Waals surface area contributed by atoms with Crippen LogP contribution >= 0.6 is 11.8 Å². The zero-order valence-electron chi connectivity index (χ0n) is 13.7. The minimum Gasteiger partial charge on any atom is -0.384 e. The van der Waals surface area contributed by atoms with Crippen molar-refractivity contribution in [3.63, 3.8) is 0 Å². The Balaban J connectivity index is 2.14. The normalized spacial score (nSPS) is 12.5. The topological polar surface area (TPSA) is 114 Å². The van der Waals surface area contributed by atoms with Crippen LogP contribution in [0.2, 0.25) is 0 Å². The molecule has 2 rings (SSSR count). The van der Waals surface area contributed by atoms with Crippen molar-refractivity contribution in [2.45, 2.75) is 17.4 Å². The molecule has 1 atom stereocenters. The number of carbonyl (C=O) groups is 1. The van der Waals surface area contributed by atoms with Gasteiger partial charge in [-0.3, -0.25) is 4.79 Å². The Morgan fingerprint density at radius 2 is 1.96 bits per heavy atom. The summed E-state index contributed by atoms with van der Waals surface area (Å²) >= 11 is 1.53. The van der Waals surface area contributed by atoms with Gasteiger partial charge in [0.1, 0.15) is 11.9 Å². The molecule has 1 unspecified atom stereocenters. The van der Waals surface area contributed by atoms with Crippen molar-refractivity contribution in [2.75, 3.05) is 23.1 Å². The number of anilines is 2. The third-order valence-electron chi connectivity index (χ3n) is 3.33. The Hall–Kier alpha value is -2.10. The second-order valence-corrected chi connectivity index (χ2v) is 7.93. The number of pyridine rings is 1. The number of rotatable bonds is 8. The fourth-order valence-electron chi connectivity index (χ4n) is 2.04. The van der Waals surface area contributed by atoms with Gasteiger partial charge in [0.15, 0.2) is 0 Å². The number of carbonyl (C=O) groups excluding carboxylic acids is 1. The predicted molar refractivity (Wildman–Crippen MR) is 101 cm³/mol. The number of nitrogens with zero attached hydrogens (tertiary/aromatic N) is 1. The highest BCUT2D eigenvalue weighted by Gasteiger charge is 2.25. The van der Waals surface area contributed by atoms with Gasteiger partial charge in [-0.25, -0.2) is 13.4 Å². The maximum absolute atomic E-state index is 12.5. The fraction of sp³-hybridized carbons (Fsp3) is 0.250. The van der Waals surface area contributed by atoms with E-state index in [2.05, 4.69) is 15.0 Å². The Morgan fingerprint density at radius 3 is 2.56 bits per heavy atom. The fourth-order valence-corrected chi connectivity index (χ4v) is 3.77. The van der Waals surface area contributed by atoms with Gasteiger partial charge in [-0.15, -0.1) is 0 Å². The molecule has 0 spiro atoms. The zero-order chi connectivity index (χ0) is 18.3. The molecule has 1 aromatic carbocycles. The summed E-state index contributed by atoms with van der Waals surface area (Å²) in [4.78, 5) is 16.5. The zero-order valence-corrected chi connectivity index (χ0v) is 15.3. The van der Waals surface area contributed by atoms with E-state index in [4.69, 9.17) is 5.73 Å². The Kier molecular flexibility index (Phi) is 6.80. The van der Waals surface area contributed by atoms with Crippen LogP contribution in [0.1, 0.15) is 6.42 Å². The molecule has 2 aromatic rings. The quantitative estimate of drug-likeness (QED) is 0.642. The van der Waals surface area contributed by atoms with Crippen molar-refractivity contribution in [1.82, 2.24) is 9.71 Å². The molecular weight excluding hydrogens is 360 g/mol. The maximum Gasteiger partial charge on any atom is 0.242 e. The Labute approximate surface area is 151 Å². The number of amides is 1. The van der Waals surface area contributed by atoms with E-state index in [1.807, 2.05) is 6.26 Å². The summed E-state index contributed by atoms with van der Waals surface area (Å²) in [5.41, 5.74) is 5.96. The highest BCUT2D eigenvalue weighted by molar-refractivity contribution is 7.98. The minimum atomic E-state index is -3.79. The molecule has 0 fully saturated rings. The molecule has 7 nitrogen and oxygen atoms in total. The van der Waals surface area contributed by atoms with Gasteiger partial charge in [0.05, 0.1) is 16.8 Å². The van der Waals surface area contributed by atoms with E-state index < -0.39 is 22.0 Å². The van der Waals surface area contributed by atoms with Gasteiger partial charge in [0.25, 0.3) is 0 Å². The van der Waals surface area contributed by atoms with Crippen molar-refractivity contribution in [3.8, 4) is 0 Å². The number of thioether (sulfide) groups is 1. The van der Waals surface area contributed by atoms with Gasteiger partial charge in [-0.05, 0) is 42.7 Å². The summed E-state index contributed by atoms with van der Waals surface area (Å²) in [5.74, 6) is 0.525. The van der Waals surface area contributed by atoms with E-state index in [0.29, 0.717) is 23.7 Å². The summed E-state index contributed by atoms with van der Waals surface area (Å²) in [6, 6.07) is 10.2. The molecule has 0 saturated heterocycles. The van der Waals surface area contributed by atoms with Crippen LogP contribution in [0.3, 0.4) is 0 Å². The summed E-state index contributed by atoms with van der Waals surface area (Å²) in [6.45, 7) is 0. The van der Waals surface area contributed by atoms with Crippen LogP contribution in [0.25, 0.3) is 0 Å². The first kappa shape index (κ1) is 19.2. The lowest BCUT2D eigenvalue weighted by molar-refractivity contribution is -0.117. The molecule has 0 saturated carbocycles. The SMILES string of the molecule is CSCCC(NS(=O)(=O)c1ccccc1)C(=O)Nc1ccc(N)nc1. The molecule has 0 radical (unpaired) electrons. The van der Waals surface area contributed by atoms with Crippen LogP contribution < -0.4 is 15.8 Å². The van der Waals surface area contributed by atoms with E-state index in [1.54, 1.807) is 30.3 Å². The predicted octanol–water partition coefficient (Wildman–Crippen LogP) is 1.70. The van der Waals surface area contributed by atoms with Gasteiger partial charge < -0.3 is 11.1 Å². The molecule has 0 aliphatic carbocycles. The number of nitrogens with two attached hydrogens (primary N) is 1. The lowest BCUT2D eigenvalue weighted by Gasteiger charge is -2.18. The second kappa shape index (κ2) is 8.84. The third-order valence-corrected chi connectivity index (χ3v) is 5.46. The highest BCUT2D eigenvalue weighted by Crippen LogP contribution is 2.13. The summed E-state index contributed by atoms with van der Waals surface area (Å²) < 4.78 is 27.4. The van der Waals surface area contributed by atoms with Gasteiger partial charge in [0.2, 0.25) is 15.9 Å². The van der Waals surface area contributed by atoms with Crippen molar-refractivity contribution in [2.24, 2.45) is 0 Å². The van der Waals surface area contributed by atoms with Gasteiger partial charge in [0, 0.05) is 0 Å². The monoisotopic (exact) mass is 380 g/mol. The van der Waals surface area contributed by atoms with Gasteiger partial charge in [-0.1, -0.05) is 18.2 Å². The standard InChI is InChI=1S/C16H20N4O3S2/c1-24-10-9-14(16(21)19-12-7-8-15(17)18-11-12)20-25(22,23)13-5-3-2-4-6-13/h2-8,11,14,20H,9-10H2,1H3,(H2,17,18)(H,19,21). The summed E-state index contributed by atoms with van der Waals surface area (Å²) in [5, 5.41) is 2.66. The molecule has 0 aliphatic heterocycles. The molecule has 1 amide bonds. The van der Waals surface area contributed by atoms with Crippen LogP contribution in [0, 0.1) is 0 Å². The van der Waals surface area contributed by atoms with E-state index >= 15 is 0 Å². The Bertz CT molecular complexity index is 796. The first-order valence-corrected chi connectivity index (χ1v) is 10.4. The molecular formula is C16H20N4O3S2. The maximum atomic E-state index is 12.5. The Morgan fingerprint density at radius 1 is 1.24 bits per heavy atom. The molecule has 4 N–H and O–H groups in total. The van der Waals surface area contributed by atoms with Crippen molar-refractivity contribution >= 4 is 39.2 Å². The van der Waals surface area contributed by atoms with E-state index in [-0.39, 0.29) is 4.90 Å². The van der Waals surface area contributed by atoms with E-state index in [9.17, 15) is 13.2 Å². The number of nitrogen functional groups attached to an aromatic ring is 1. The minimum absolute atomic E-state index is 0.117. The van der Waals surface area contributed by atoms with Crippen LogP contribution in [-0.2, 0) is 14.8 Å². The van der Waals surface area contributed by atoms with Gasteiger partial charge in [-0.2, -0.15) is 16.5 Å². The first-order valence-electron chi connectivity index (χ1n) is 7.51. The lowest BCUT2D eigenvalue weighted by Crippen LogP contribution is -2.44. The average Bonchev–Trinajstić information content (AvgIpc) is 2.61. The van der Waals surface area contributed by atoms with Crippen LogP contribution in [0.5, 0.6) is 0 Å². The van der Waals surface area contributed by atoms with Crippen molar-refractivity contribution in [3.05, 3.63) is 48.7 Å². The van der Waals surface area contributed by atoms with E-state index in [1.165, 1.54) is 30.1 Å². The summed E-state index contributed by atoms with van der Waals surface area (Å²) in [7, 11) is -3.79. The average molecular weight is 380 g/mol. The first-order chi connectivity index (χ1) is 11.9.